The fraction of sp³-hybridized carbons (Fsp3) is 0.318. The molecular weight excluding hydrogens is 434 g/mol. The number of benzene rings is 2. The van der Waals surface area contributed by atoms with Gasteiger partial charge in [0, 0.05) is 17.6 Å². The van der Waals surface area contributed by atoms with Gasteiger partial charge in [0.15, 0.2) is 5.92 Å². The Balaban J connectivity index is 1.68. The predicted molar refractivity (Wildman–Crippen MR) is 113 cm³/mol. The summed E-state index contributed by atoms with van der Waals surface area (Å²) in [5.74, 6) is -1.42. The van der Waals surface area contributed by atoms with Crippen molar-refractivity contribution in [2.75, 3.05) is 13.2 Å². The summed E-state index contributed by atoms with van der Waals surface area (Å²) in [4.78, 5) is 32.3. The van der Waals surface area contributed by atoms with Crippen LogP contribution < -0.4 is 5.32 Å². The fourth-order valence-electron chi connectivity index (χ4n) is 3.80. The minimum atomic E-state index is -1.00. The Morgan fingerprint density at radius 3 is 2.66 bits per heavy atom. The molecule has 0 spiro atoms. The zero-order valence-corrected chi connectivity index (χ0v) is 17.7. The van der Waals surface area contributed by atoms with E-state index in [1.165, 1.54) is 11.1 Å². The highest BCUT2D eigenvalue weighted by atomic mass is 79.9. The van der Waals surface area contributed by atoms with Gasteiger partial charge in [-0.05, 0) is 42.2 Å². The molecule has 150 valence electrons. The molecule has 0 fully saturated rings. The number of aliphatic imine (C=N–C) groups is 1. The summed E-state index contributed by atoms with van der Waals surface area (Å²) in [5, 5.41) is 2.84. The van der Waals surface area contributed by atoms with Crippen molar-refractivity contribution in [2.24, 2.45) is 10.9 Å². The largest absolute Gasteiger partial charge is 0.465 e. The Morgan fingerprint density at radius 2 is 1.93 bits per heavy atom. The van der Waals surface area contributed by atoms with Crippen molar-refractivity contribution in [3.63, 3.8) is 0 Å². The van der Waals surface area contributed by atoms with E-state index in [2.05, 4.69) is 38.3 Å². The number of rotatable bonds is 3. The molecule has 4 rings (SSSR count). The van der Waals surface area contributed by atoms with Gasteiger partial charge in [0.2, 0.25) is 11.9 Å². The van der Waals surface area contributed by atoms with Gasteiger partial charge >= 0.3 is 5.97 Å². The van der Waals surface area contributed by atoms with Crippen molar-refractivity contribution in [2.45, 2.75) is 25.9 Å². The number of guanidine groups is 1. The zero-order chi connectivity index (χ0) is 20.4. The molecule has 2 aromatic rings. The summed E-state index contributed by atoms with van der Waals surface area (Å²) < 4.78 is 6.08. The molecule has 0 radical (unpaired) electrons. The highest BCUT2D eigenvalue weighted by Crippen LogP contribution is 2.32. The lowest BCUT2D eigenvalue weighted by Gasteiger charge is -2.36. The highest BCUT2D eigenvalue weighted by Gasteiger charge is 2.42. The third-order valence-electron chi connectivity index (χ3n) is 5.28. The van der Waals surface area contributed by atoms with E-state index in [-0.39, 0.29) is 12.5 Å². The topological polar surface area (TPSA) is 71.0 Å². The number of esters is 1. The van der Waals surface area contributed by atoms with E-state index in [4.69, 9.17) is 9.73 Å². The quantitative estimate of drug-likeness (QED) is 0.569. The first-order valence-corrected chi connectivity index (χ1v) is 10.5. The van der Waals surface area contributed by atoms with Crippen LogP contribution in [-0.4, -0.2) is 35.9 Å². The van der Waals surface area contributed by atoms with E-state index in [1.54, 1.807) is 6.92 Å². The van der Waals surface area contributed by atoms with Gasteiger partial charge in [0.25, 0.3) is 0 Å². The van der Waals surface area contributed by atoms with Gasteiger partial charge in [-0.2, -0.15) is 0 Å². The van der Waals surface area contributed by atoms with E-state index in [1.807, 2.05) is 36.4 Å². The molecular formula is C22H22BrN3O3. The monoisotopic (exact) mass is 455 g/mol. The minimum absolute atomic E-state index is 0.217. The second kappa shape index (κ2) is 8.37. The summed E-state index contributed by atoms with van der Waals surface area (Å²) in [7, 11) is 0. The van der Waals surface area contributed by atoms with Crippen LogP contribution in [0.15, 0.2) is 58.0 Å². The third-order valence-corrected chi connectivity index (χ3v) is 5.81. The van der Waals surface area contributed by atoms with Gasteiger partial charge in [-0.15, -0.1) is 0 Å². The lowest BCUT2D eigenvalue weighted by Crippen LogP contribution is -2.53. The molecule has 2 heterocycles. The molecule has 7 heteroatoms. The number of fused-ring (bicyclic) bond motifs is 1. The Morgan fingerprint density at radius 1 is 1.21 bits per heavy atom. The minimum Gasteiger partial charge on any atom is -0.465 e. The maximum Gasteiger partial charge on any atom is 0.321 e. The van der Waals surface area contributed by atoms with Crippen molar-refractivity contribution < 1.29 is 14.3 Å². The molecule has 0 aromatic heterocycles. The van der Waals surface area contributed by atoms with Crippen molar-refractivity contribution in [3.8, 4) is 0 Å². The second-order valence-electron chi connectivity index (χ2n) is 7.11. The van der Waals surface area contributed by atoms with Gasteiger partial charge in [-0.25, -0.2) is 4.99 Å². The summed E-state index contributed by atoms with van der Waals surface area (Å²) >= 11 is 3.43. The van der Waals surface area contributed by atoms with Crippen molar-refractivity contribution in [3.05, 3.63) is 69.7 Å². The van der Waals surface area contributed by atoms with Crippen LogP contribution in [-0.2, 0) is 27.3 Å². The number of carbonyl (C=O) groups excluding carboxylic acids is 2. The highest BCUT2D eigenvalue weighted by molar-refractivity contribution is 9.10. The van der Waals surface area contributed by atoms with E-state index in [9.17, 15) is 9.59 Å². The molecule has 29 heavy (non-hydrogen) atoms. The molecule has 0 saturated carbocycles. The number of hydrogen-bond acceptors (Lipinski definition) is 5. The summed E-state index contributed by atoms with van der Waals surface area (Å²) in [6, 6.07) is 15.2. The average molecular weight is 456 g/mol. The molecule has 0 unspecified atom stereocenters. The number of nitrogens with zero attached hydrogens (tertiary/aromatic N) is 2. The fourth-order valence-corrected chi connectivity index (χ4v) is 4.07. The number of carbonyl (C=O) groups is 2. The van der Waals surface area contributed by atoms with Crippen LogP contribution in [0.3, 0.4) is 0 Å². The maximum atomic E-state index is 12.9. The van der Waals surface area contributed by atoms with Gasteiger partial charge in [0.05, 0.1) is 6.61 Å². The van der Waals surface area contributed by atoms with Crippen LogP contribution in [0.1, 0.15) is 29.7 Å². The van der Waals surface area contributed by atoms with Gasteiger partial charge < -0.3 is 9.64 Å². The van der Waals surface area contributed by atoms with E-state index in [0.717, 1.165) is 23.0 Å². The lowest BCUT2D eigenvalue weighted by molar-refractivity contribution is -0.153. The maximum absolute atomic E-state index is 12.9. The first-order chi connectivity index (χ1) is 14.1. The van der Waals surface area contributed by atoms with E-state index < -0.39 is 17.9 Å². The van der Waals surface area contributed by atoms with E-state index >= 15 is 0 Å². The van der Waals surface area contributed by atoms with Crippen LogP contribution in [0.4, 0.5) is 0 Å². The number of amides is 1. The van der Waals surface area contributed by atoms with Gasteiger partial charge in [-0.3, -0.25) is 14.9 Å². The normalized spacial score (nSPS) is 21.1. The second-order valence-corrected chi connectivity index (χ2v) is 8.02. The van der Waals surface area contributed by atoms with Gasteiger partial charge in [-0.1, -0.05) is 52.3 Å². The van der Waals surface area contributed by atoms with Crippen LogP contribution in [0.5, 0.6) is 0 Å². The Kier molecular flexibility index (Phi) is 5.67. The number of nitrogens with one attached hydrogen (secondary N) is 1. The van der Waals surface area contributed by atoms with Crippen molar-refractivity contribution in [1.82, 2.24) is 10.2 Å². The van der Waals surface area contributed by atoms with E-state index in [0.29, 0.717) is 12.5 Å². The van der Waals surface area contributed by atoms with Crippen molar-refractivity contribution >= 4 is 33.8 Å². The van der Waals surface area contributed by atoms with Crippen LogP contribution in [0.2, 0.25) is 0 Å². The lowest BCUT2D eigenvalue weighted by atomic mass is 9.91. The SMILES string of the molecule is CCOC(=O)[C@@H]1C(=O)NC(N2CCc3ccccc3C2)=N[C@@H]1c1ccc(Br)cc1. The summed E-state index contributed by atoms with van der Waals surface area (Å²) in [6.07, 6.45) is 0.884. The van der Waals surface area contributed by atoms with Gasteiger partial charge in [0.1, 0.15) is 6.04 Å². The zero-order valence-electron chi connectivity index (χ0n) is 16.1. The molecule has 2 aliphatic heterocycles. The first-order valence-electron chi connectivity index (χ1n) is 9.69. The van der Waals surface area contributed by atoms with Crippen LogP contribution >= 0.6 is 15.9 Å². The molecule has 2 aliphatic rings. The molecule has 2 atom stereocenters. The Bertz CT molecular complexity index is 958. The van der Waals surface area contributed by atoms with Crippen LogP contribution in [0, 0.1) is 5.92 Å². The standard InChI is InChI=1S/C22H22BrN3O3/c1-2-29-21(28)18-19(15-7-9-17(23)10-8-15)24-22(25-20(18)27)26-12-11-14-5-3-4-6-16(14)13-26/h3-10,18-19H,2,11-13H2,1H3,(H,24,25,27)/t18-,19+/m0/s1. The van der Waals surface area contributed by atoms with Crippen molar-refractivity contribution in [1.29, 1.82) is 0 Å². The number of hydrogen-bond donors (Lipinski definition) is 1. The summed E-state index contributed by atoms with van der Waals surface area (Å²) in [6.45, 7) is 3.38. The predicted octanol–water partition coefficient (Wildman–Crippen LogP) is 3.21. The molecule has 0 aliphatic carbocycles. The molecule has 6 nitrogen and oxygen atoms in total. The molecule has 1 amide bonds. The third kappa shape index (κ3) is 4.05. The average Bonchev–Trinajstić information content (AvgIpc) is 2.73. The molecule has 1 N–H and O–H groups in total. The van der Waals surface area contributed by atoms with Crippen LogP contribution in [0.25, 0.3) is 0 Å². The first kappa shape index (κ1) is 19.6. The number of halogens is 1. The molecule has 0 saturated heterocycles. The molecule has 2 aromatic carbocycles. The smallest absolute Gasteiger partial charge is 0.321 e. The molecule has 0 bridgehead atoms. The Labute approximate surface area is 178 Å². The Hall–Kier alpha value is -2.67. The number of ether oxygens (including phenoxy) is 1. The summed E-state index contributed by atoms with van der Waals surface area (Å²) in [5.41, 5.74) is 3.35.